The van der Waals surface area contributed by atoms with Gasteiger partial charge in [0.1, 0.15) is 0 Å². The molecule has 82 valence electrons. The zero-order valence-electron chi connectivity index (χ0n) is 9.03. The van der Waals surface area contributed by atoms with Gasteiger partial charge in [0, 0.05) is 26.9 Å². The van der Waals surface area contributed by atoms with Gasteiger partial charge in [-0.2, -0.15) is 0 Å². The third-order valence-corrected chi connectivity index (χ3v) is 5.10. The summed E-state index contributed by atoms with van der Waals surface area (Å²) in [6.45, 7) is 0. The van der Waals surface area contributed by atoms with Gasteiger partial charge in [-0.15, -0.1) is 11.3 Å². The Hall–Kier alpha value is -1.12. The second-order valence-corrected chi connectivity index (χ2v) is 6.45. The number of rotatable bonds is 0. The molecular weight excluding hydrogens is 292 g/mol. The molecule has 1 aromatic carbocycles. The van der Waals surface area contributed by atoms with Crippen LogP contribution in [0.25, 0.3) is 21.7 Å². The lowest BCUT2D eigenvalue weighted by molar-refractivity contribution is 1.29. The van der Waals surface area contributed by atoms with E-state index in [1.807, 2.05) is 11.3 Å². The molecule has 2 aliphatic carbocycles. The summed E-state index contributed by atoms with van der Waals surface area (Å²) in [5.74, 6) is 0. The predicted octanol–water partition coefficient (Wildman–Crippen LogP) is 5.36. The summed E-state index contributed by atoms with van der Waals surface area (Å²) >= 11 is 5.50. The first-order valence-electron chi connectivity index (χ1n) is 5.62. The van der Waals surface area contributed by atoms with Crippen molar-refractivity contribution < 1.29 is 0 Å². The Morgan fingerprint density at radius 3 is 2.94 bits per heavy atom. The average molecular weight is 301 g/mol. The molecule has 2 heteroatoms. The molecular formula is C15H9BrS. The van der Waals surface area contributed by atoms with Crippen molar-refractivity contribution in [3.05, 3.63) is 56.9 Å². The van der Waals surface area contributed by atoms with Crippen LogP contribution in [0.4, 0.5) is 0 Å². The Kier molecular flexibility index (Phi) is 1.99. The Labute approximate surface area is 112 Å². The van der Waals surface area contributed by atoms with E-state index in [1.54, 1.807) is 0 Å². The summed E-state index contributed by atoms with van der Waals surface area (Å²) in [6, 6.07) is 8.67. The van der Waals surface area contributed by atoms with Crippen LogP contribution in [0.3, 0.4) is 0 Å². The Bertz CT molecular complexity index is 728. The van der Waals surface area contributed by atoms with Crippen molar-refractivity contribution in [2.45, 2.75) is 6.42 Å². The maximum Gasteiger partial charge on any atom is 0.0430 e. The molecule has 0 saturated heterocycles. The quantitative estimate of drug-likeness (QED) is 0.614. The maximum atomic E-state index is 3.59. The second-order valence-electron chi connectivity index (χ2n) is 4.38. The van der Waals surface area contributed by atoms with Gasteiger partial charge in [0.05, 0.1) is 0 Å². The van der Waals surface area contributed by atoms with Crippen LogP contribution in [0, 0.1) is 0 Å². The topological polar surface area (TPSA) is 0 Å². The first-order valence-corrected chi connectivity index (χ1v) is 7.23. The predicted molar refractivity (Wildman–Crippen MR) is 79.4 cm³/mol. The van der Waals surface area contributed by atoms with Gasteiger partial charge in [-0.3, -0.25) is 0 Å². The van der Waals surface area contributed by atoms with Crippen LogP contribution in [0.1, 0.15) is 16.9 Å². The molecule has 0 fully saturated rings. The van der Waals surface area contributed by atoms with Crippen molar-refractivity contribution in [2.75, 3.05) is 0 Å². The normalized spacial score (nSPS) is 17.4. The lowest BCUT2D eigenvalue weighted by Gasteiger charge is -2.09. The molecule has 0 aliphatic heterocycles. The molecule has 0 N–H and O–H groups in total. The van der Waals surface area contributed by atoms with E-state index in [0.29, 0.717) is 0 Å². The molecule has 0 spiro atoms. The highest BCUT2D eigenvalue weighted by Gasteiger charge is 2.24. The standard InChI is InChI=1S/C15H9BrS/c16-10-5-6-11-9(7-10)8-13-12-3-1-2-4-14(12)17-15(11)13/h1-6,8H,7H2. The van der Waals surface area contributed by atoms with Crippen LogP contribution in [-0.2, 0) is 0 Å². The third-order valence-electron chi connectivity index (χ3n) is 3.33. The van der Waals surface area contributed by atoms with Crippen molar-refractivity contribution in [3.63, 3.8) is 0 Å². The summed E-state index contributed by atoms with van der Waals surface area (Å²) in [5.41, 5.74) is 4.29. The molecule has 0 bridgehead atoms. The van der Waals surface area contributed by atoms with E-state index in [0.717, 1.165) is 6.42 Å². The lowest BCUT2D eigenvalue weighted by atomic mass is 10.0. The van der Waals surface area contributed by atoms with Crippen LogP contribution in [0.15, 0.2) is 46.5 Å². The summed E-state index contributed by atoms with van der Waals surface area (Å²) in [4.78, 5) is 1.44. The monoisotopic (exact) mass is 300 g/mol. The third kappa shape index (κ3) is 1.34. The molecule has 0 nitrogen and oxygen atoms in total. The van der Waals surface area contributed by atoms with Crippen LogP contribution in [0.2, 0.25) is 0 Å². The van der Waals surface area contributed by atoms with Gasteiger partial charge >= 0.3 is 0 Å². The second kappa shape index (κ2) is 3.44. The molecule has 0 saturated carbocycles. The lowest BCUT2D eigenvalue weighted by Crippen LogP contribution is -1.87. The summed E-state index contributed by atoms with van der Waals surface area (Å²) in [6.07, 6.45) is 7.79. The minimum absolute atomic E-state index is 1.03. The minimum Gasteiger partial charge on any atom is -0.135 e. The number of thiophene rings is 1. The summed E-state index contributed by atoms with van der Waals surface area (Å²) in [5, 5.41) is 1.39. The number of hydrogen-bond acceptors (Lipinski definition) is 1. The van der Waals surface area contributed by atoms with Gasteiger partial charge in [-0.05, 0) is 27.8 Å². The fourth-order valence-corrected chi connectivity index (χ4v) is 4.23. The Morgan fingerprint density at radius 2 is 2.00 bits per heavy atom. The number of benzene rings is 1. The van der Waals surface area contributed by atoms with Crippen molar-refractivity contribution >= 4 is 49.0 Å². The Morgan fingerprint density at radius 1 is 1.12 bits per heavy atom. The molecule has 0 amide bonds. The van der Waals surface area contributed by atoms with Crippen LogP contribution in [-0.4, -0.2) is 0 Å². The van der Waals surface area contributed by atoms with E-state index < -0.39 is 0 Å². The molecule has 2 aromatic rings. The van der Waals surface area contributed by atoms with Gasteiger partial charge in [0.15, 0.2) is 0 Å². The van der Waals surface area contributed by atoms with Crippen LogP contribution >= 0.6 is 27.3 Å². The SMILES string of the molecule is BrC1=CC=C2C(=Cc3c2sc2ccccc32)C1. The van der Waals surface area contributed by atoms with Gasteiger partial charge in [-0.1, -0.05) is 46.3 Å². The molecule has 1 aromatic heterocycles. The first-order chi connectivity index (χ1) is 8.33. The highest BCUT2D eigenvalue weighted by Crippen LogP contribution is 2.48. The zero-order chi connectivity index (χ0) is 11.4. The molecule has 4 rings (SSSR count). The van der Waals surface area contributed by atoms with Gasteiger partial charge in [0.25, 0.3) is 0 Å². The molecule has 2 aliphatic rings. The fourth-order valence-electron chi connectivity index (χ4n) is 2.55. The zero-order valence-corrected chi connectivity index (χ0v) is 11.4. The highest BCUT2D eigenvalue weighted by molar-refractivity contribution is 9.11. The van der Waals surface area contributed by atoms with Crippen molar-refractivity contribution in [1.82, 2.24) is 0 Å². The fraction of sp³-hybridized carbons (Fsp3) is 0.0667. The molecule has 17 heavy (non-hydrogen) atoms. The highest BCUT2D eigenvalue weighted by atomic mass is 79.9. The molecule has 0 unspecified atom stereocenters. The molecule has 0 radical (unpaired) electrons. The van der Waals surface area contributed by atoms with E-state index >= 15 is 0 Å². The average Bonchev–Trinajstić information content (AvgIpc) is 2.84. The van der Waals surface area contributed by atoms with E-state index in [-0.39, 0.29) is 0 Å². The minimum atomic E-state index is 1.03. The molecule has 1 heterocycles. The van der Waals surface area contributed by atoms with Gasteiger partial charge in [0.2, 0.25) is 0 Å². The molecule has 0 atom stereocenters. The van der Waals surface area contributed by atoms with Crippen molar-refractivity contribution in [2.24, 2.45) is 0 Å². The first kappa shape index (κ1) is 9.86. The summed E-state index contributed by atoms with van der Waals surface area (Å²) in [7, 11) is 0. The van der Waals surface area contributed by atoms with Crippen LogP contribution < -0.4 is 0 Å². The number of hydrogen-bond donors (Lipinski definition) is 0. The van der Waals surface area contributed by atoms with E-state index in [1.165, 1.54) is 36.2 Å². The van der Waals surface area contributed by atoms with Crippen molar-refractivity contribution in [1.29, 1.82) is 0 Å². The number of fused-ring (bicyclic) bond motifs is 5. The summed E-state index contributed by atoms with van der Waals surface area (Å²) < 4.78 is 2.66. The van der Waals surface area contributed by atoms with Crippen molar-refractivity contribution in [3.8, 4) is 0 Å². The smallest absolute Gasteiger partial charge is 0.0430 e. The number of allylic oxidation sites excluding steroid dienone is 5. The van der Waals surface area contributed by atoms with E-state index in [2.05, 4.69) is 58.4 Å². The van der Waals surface area contributed by atoms with E-state index in [4.69, 9.17) is 0 Å². The Balaban J connectivity index is 2.04. The maximum absolute atomic E-state index is 3.59. The van der Waals surface area contributed by atoms with Crippen LogP contribution in [0.5, 0.6) is 0 Å². The largest absolute Gasteiger partial charge is 0.135 e. The van der Waals surface area contributed by atoms with Gasteiger partial charge in [-0.25, -0.2) is 0 Å². The van der Waals surface area contributed by atoms with Gasteiger partial charge < -0.3 is 0 Å². The number of halogens is 1. The van der Waals surface area contributed by atoms with E-state index in [9.17, 15) is 0 Å².